The fraction of sp³-hybridized carbons (Fsp3) is 0.0667. The second-order valence-electron chi connectivity index (χ2n) is 4.38. The van der Waals surface area contributed by atoms with E-state index in [4.69, 9.17) is 4.74 Å². The fourth-order valence-corrected chi connectivity index (χ4v) is 2.23. The Labute approximate surface area is 127 Å². The Morgan fingerprint density at radius 2 is 1.81 bits per heavy atom. The van der Waals surface area contributed by atoms with Crippen molar-refractivity contribution in [2.75, 3.05) is 0 Å². The molecule has 2 aromatic carbocycles. The van der Waals surface area contributed by atoms with E-state index in [1.807, 2.05) is 18.2 Å². The molecule has 3 nitrogen and oxygen atoms in total. The number of hydrogen-bond acceptors (Lipinski definition) is 3. The first-order valence-electron chi connectivity index (χ1n) is 6.11. The maximum Gasteiger partial charge on any atom is 0.241 e. The number of rotatable bonds is 2. The maximum absolute atomic E-state index is 13.7. The highest BCUT2D eigenvalue weighted by atomic mass is 79.9. The highest BCUT2D eigenvalue weighted by Gasteiger charge is 2.14. The number of para-hydroxylation sites is 1. The number of aryl methyl sites for hydroxylation is 1. The fourth-order valence-electron chi connectivity index (χ4n) is 1.86. The molecule has 0 unspecified atom stereocenters. The Morgan fingerprint density at radius 3 is 2.57 bits per heavy atom. The van der Waals surface area contributed by atoms with Gasteiger partial charge in [-0.05, 0) is 47.1 Å². The standard InChI is InChI=1S/C15H9BrF2N2O/c1-8-15(21-12-5-3-2-4-9(12)16)20-11-7-6-10(17)13(18)14(11)19-8/h2-7H,1H3. The predicted octanol–water partition coefficient (Wildman–Crippen LogP) is 4.77. The molecule has 0 radical (unpaired) electrons. The smallest absolute Gasteiger partial charge is 0.241 e. The summed E-state index contributed by atoms with van der Waals surface area (Å²) in [5.41, 5.74) is 0.510. The third-order valence-corrected chi connectivity index (χ3v) is 3.56. The first-order chi connectivity index (χ1) is 10.1. The van der Waals surface area contributed by atoms with Crippen LogP contribution in [0.15, 0.2) is 40.9 Å². The minimum atomic E-state index is -1.00. The molecule has 3 rings (SSSR count). The van der Waals surface area contributed by atoms with Gasteiger partial charge < -0.3 is 4.74 Å². The van der Waals surface area contributed by atoms with E-state index in [2.05, 4.69) is 25.9 Å². The summed E-state index contributed by atoms with van der Waals surface area (Å²) in [6.45, 7) is 1.63. The van der Waals surface area contributed by atoms with Gasteiger partial charge in [0.2, 0.25) is 5.88 Å². The number of fused-ring (bicyclic) bond motifs is 1. The summed E-state index contributed by atoms with van der Waals surface area (Å²) in [4.78, 5) is 8.24. The molecular weight excluding hydrogens is 342 g/mol. The molecule has 0 atom stereocenters. The van der Waals surface area contributed by atoms with Crippen LogP contribution in [-0.4, -0.2) is 9.97 Å². The van der Waals surface area contributed by atoms with Crippen molar-refractivity contribution in [2.45, 2.75) is 6.92 Å². The molecule has 0 fully saturated rings. The second-order valence-corrected chi connectivity index (χ2v) is 5.23. The zero-order valence-electron chi connectivity index (χ0n) is 10.9. The maximum atomic E-state index is 13.7. The van der Waals surface area contributed by atoms with Crippen LogP contribution in [0.2, 0.25) is 0 Å². The van der Waals surface area contributed by atoms with Gasteiger partial charge in [-0.1, -0.05) is 12.1 Å². The summed E-state index contributed by atoms with van der Waals surface area (Å²) in [6, 6.07) is 9.65. The van der Waals surface area contributed by atoms with Crippen molar-refractivity contribution in [3.05, 3.63) is 58.2 Å². The van der Waals surface area contributed by atoms with Crippen molar-refractivity contribution in [2.24, 2.45) is 0 Å². The molecule has 0 saturated heterocycles. The molecule has 1 heterocycles. The van der Waals surface area contributed by atoms with Gasteiger partial charge in [-0.2, -0.15) is 0 Å². The van der Waals surface area contributed by atoms with Crippen LogP contribution in [0.1, 0.15) is 5.69 Å². The summed E-state index contributed by atoms with van der Waals surface area (Å²) >= 11 is 3.37. The Balaban J connectivity index is 2.10. The van der Waals surface area contributed by atoms with Crippen LogP contribution in [0.25, 0.3) is 11.0 Å². The zero-order chi connectivity index (χ0) is 15.0. The molecule has 0 aliphatic carbocycles. The Bertz CT molecular complexity index is 839. The van der Waals surface area contributed by atoms with Gasteiger partial charge in [0.05, 0.1) is 9.99 Å². The van der Waals surface area contributed by atoms with Crippen molar-refractivity contribution in [3.8, 4) is 11.6 Å². The molecule has 0 N–H and O–H groups in total. The molecule has 106 valence electrons. The molecule has 0 spiro atoms. The number of aromatic nitrogens is 2. The van der Waals surface area contributed by atoms with Crippen molar-refractivity contribution in [1.82, 2.24) is 9.97 Å². The van der Waals surface area contributed by atoms with Gasteiger partial charge in [0, 0.05) is 0 Å². The number of benzene rings is 2. The SMILES string of the molecule is Cc1nc2c(F)c(F)ccc2nc1Oc1ccccc1Br. The van der Waals surface area contributed by atoms with Gasteiger partial charge in [0.1, 0.15) is 17.0 Å². The van der Waals surface area contributed by atoms with Gasteiger partial charge in [-0.15, -0.1) is 0 Å². The molecule has 0 bridgehead atoms. The normalized spacial score (nSPS) is 10.9. The number of ether oxygens (including phenoxy) is 1. The molecule has 0 aliphatic rings. The average molecular weight is 351 g/mol. The van der Waals surface area contributed by atoms with Crippen molar-refractivity contribution in [3.63, 3.8) is 0 Å². The van der Waals surface area contributed by atoms with Gasteiger partial charge in [-0.3, -0.25) is 0 Å². The minimum Gasteiger partial charge on any atom is -0.436 e. The lowest BCUT2D eigenvalue weighted by Crippen LogP contribution is -1.99. The molecule has 21 heavy (non-hydrogen) atoms. The van der Waals surface area contributed by atoms with E-state index < -0.39 is 11.6 Å². The van der Waals surface area contributed by atoms with Gasteiger partial charge in [0.25, 0.3) is 0 Å². The van der Waals surface area contributed by atoms with Gasteiger partial charge in [-0.25, -0.2) is 18.7 Å². The minimum absolute atomic E-state index is 0.105. The van der Waals surface area contributed by atoms with E-state index in [9.17, 15) is 8.78 Å². The Hall–Kier alpha value is -2.08. The van der Waals surface area contributed by atoms with E-state index >= 15 is 0 Å². The van der Waals surface area contributed by atoms with Crippen molar-refractivity contribution >= 4 is 27.0 Å². The average Bonchev–Trinajstić information content (AvgIpc) is 2.47. The molecule has 0 saturated carbocycles. The summed E-state index contributed by atoms with van der Waals surface area (Å²) in [7, 11) is 0. The van der Waals surface area contributed by atoms with E-state index in [0.717, 1.165) is 10.5 Å². The Morgan fingerprint density at radius 1 is 1.05 bits per heavy atom. The van der Waals surface area contributed by atoms with E-state index in [-0.39, 0.29) is 16.9 Å². The molecule has 6 heteroatoms. The Kier molecular flexibility index (Phi) is 3.55. The molecule has 1 aromatic heterocycles. The number of hydrogen-bond donors (Lipinski definition) is 0. The van der Waals surface area contributed by atoms with Crippen molar-refractivity contribution in [1.29, 1.82) is 0 Å². The largest absolute Gasteiger partial charge is 0.436 e. The zero-order valence-corrected chi connectivity index (χ0v) is 12.5. The number of halogens is 3. The molecule has 0 amide bonds. The van der Waals surface area contributed by atoms with Crippen LogP contribution in [0.5, 0.6) is 11.6 Å². The number of nitrogens with zero attached hydrogens (tertiary/aromatic N) is 2. The van der Waals surface area contributed by atoms with Crippen LogP contribution in [0, 0.1) is 18.6 Å². The molecule has 0 aliphatic heterocycles. The lowest BCUT2D eigenvalue weighted by atomic mass is 10.2. The topological polar surface area (TPSA) is 35.0 Å². The van der Waals surface area contributed by atoms with Crippen LogP contribution in [-0.2, 0) is 0 Å². The first-order valence-corrected chi connectivity index (χ1v) is 6.90. The van der Waals surface area contributed by atoms with E-state index in [1.54, 1.807) is 13.0 Å². The monoisotopic (exact) mass is 350 g/mol. The summed E-state index contributed by atoms with van der Waals surface area (Å²) in [5.74, 6) is -1.14. The summed E-state index contributed by atoms with van der Waals surface area (Å²) in [6.07, 6.45) is 0. The third-order valence-electron chi connectivity index (χ3n) is 2.90. The summed E-state index contributed by atoms with van der Waals surface area (Å²) < 4.78 is 33.3. The summed E-state index contributed by atoms with van der Waals surface area (Å²) in [5, 5.41) is 0. The van der Waals surface area contributed by atoms with Crippen LogP contribution in [0.4, 0.5) is 8.78 Å². The van der Waals surface area contributed by atoms with E-state index in [1.165, 1.54) is 6.07 Å². The van der Waals surface area contributed by atoms with Gasteiger partial charge in [0.15, 0.2) is 11.6 Å². The second kappa shape index (κ2) is 5.37. The highest BCUT2D eigenvalue weighted by Crippen LogP contribution is 2.30. The molecule has 3 aromatic rings. The van der Waals surface area contributed by atoms with Gasteiger partial charge >= 0.3 is 0 Å². The predicted molar refractivity (Wildman–Crippen MR) is 78.4 cm³/mol. The highest BCUT2D eigenvalue weighted by molar-refractivity contribution is 9.10. The third kappa shape index (κ3) is 2.58. The lowest BCUT2D eigenvalue weighted by Gasteiger charge is -2.10. The first kappa shape index (κ1) is 13.9. The van der Waals surface area contributed by atoms with Crippen LogP contribution < -0.4 is 4.74 Å². The van der Waals surface area contributed by atoms with E-state index in [0.29, 0.717) is 11.4 Å². The van der Waals surface area contributed by atoms with Crippen LogP contribution in [0.3, 0.4) is 0 Å². The quantitative estimate of drug-likeness (QED) is 0.667. The molecular formula is C15H9BrF2N2O. The van der Waals surface area contributed by atoms with Crippen LogP contribution >= 0.6 is 15.9 Å². The van der Waals surface area contributed by atoms with Crippen molar-refractivity contribution < 1.29 is 13.5 Å². The lowest BCUT2D eigenvalue weighted by molar-refractivity contribution is 0.454.